The fourth-order valence-corrected chi connectivity index (χ4v) is 2.33. The minimum Gasteiger partial charge on any atom is -0.295 e. The standard InChI is InChI=1S/C13H7ClF3N3/c1-2-7-5-8-3-4-18-11(14)10(8)20-6-9(13(15,16)17)19-12(7)20/h2-6H,1H2. The van der Waals surface area contributed by atoms with Gasteiger partial charge in [-0.15, -0.1) is 0 Å². The minimum absolute atomic E-state index is 0.120. The predicted octanol–water partition coefficient (Wildman–Crippen LogP) is 4.20. The molecule has 0 aliphatic heterocycles. The van der Waals surface area contributed by atoms with Crippen LogP contribution >= 0.6 is 11.6 Å². The maximum atomic E-state index is 12.8. The molecule has 0 unspecified atom stereocenters. The summed E-state index contributed by atoms with van der Waals surface area (Å²) in [4.78, 5) is 7.52. The number of hydrogen-bond donors (Lipinski definition) is 0. The monoisotopic (exact) mass is 297 g/mol. The molecular formula is C13H7ClF3N3. The van der Waals surface area contributed by atoms with Gasteiger partial charge in [0.1, 0.15) is 5.65 Å². The number of aromatic nitrogens is 3. The molecule has 20 heavy (non-hydrogen) atoms. The lowest BCUT2D eigenvalue weighted by Crippen LogP contribution is -2.04. The second-order valence-corrected chi connectivity index (χ2v) is 4.52. The molecule has 0 N–H and O–H groups in total. The summed E-state index contributed by atoms with van der Waals surface area (Å²) in [5.41, 5.74) is 0.0516. The molecule has 102 valence electrons. The molecule has 0 radical (unpaired) electrons. The van der Waals surface area contributed by atoms with Crippen molar-refractivity contribution in [3.05, 3.63) is 47.5 Å². The van der Waals surface area contributed by atoms with Gasteiger partial charge in [-0.2, -0.15) is 13.2 Å². The molecule has 0 bridgehead atoms. The third-order valence-corrected chi connectivity index (χ3v) is 3.21. The number of hydrogen-bond acceptors (Lipinski definition) is 2. The van der Waals surface area contributed by atoms with Crippen LogP contribution in [0.2, 0.25) is 5.15 Å². The number of imidazole rings is 1. The molecule has 0 amide bonds. The molecule has 3 heterocycles. The Morgan fingerprint density at radius 1 is 1.35 bits per heavy atom. The molecule has 3 nitrogen and oxygen atoms in total. The Morgan fingerprint density at radius 2 is 2.10 bits per heavy atom. The van der Waals surface area contributed by atoms with Gasteiger partial charge in [-0.05, 0) is 12.1 Å². The molecule has 0 spiro atoms. The van der Waals surface area contributed by atoms with Crippen LogP contribution in [0, 0.1) is 0 Å². The summed E-state index contributed by atoms with van der Waals surface area (Å²) in [6.07, 6.45) is -0.662. The first-order valence-corrected chi connectivity index (χ1v) is 5.95. The summed E-state index contributed by atoms with van der Waals surface area (Å²) in [6, 6.07) is 3.35. The fraction of sp³-hybridized carbons (Fsp3) is 0.0769. The minimum atomic E-state index is -4.52. The number of alkyl halides is 3. The van der Waals surface area contributed by atoms with Gasteiger partial charge in [-0.1, -0.05) is 24.3 Å². The lowest BCUT2D eigenvalue weighted by Gasteiger charge is -2.05. The van der Waals surface area contributed by atoms with Crippen LogP contribution in [0.5, 0.6) is 0 Å². The van der Waals surface area contributed by atoms with Crippen molar-refractivity contribution in [3.63, 3.8) is 0 Å². The summed E-state index contributed by atoms with van der Waals surface area (Å²) in [7, 11) is 0. The van der Waals surface area contributed by atoms with E-state index in [1.54, 1.807) is 12.1 Å². The Bertz CT molecular complexity index is 836. The molecule has 7 heteroatoms. The maximum absolute atomic E-state index is 12.8. The second kappa shape index (κ2) is 4.21. The topological polar surface area (TPSA) is 30.2 Å². The summed E-state index contributed by atoms with van der Waals surface area (Å²) in [5, 5.41) is 0.785. The Labute approximate surface area is 116 Å². The lowest BCUT2D eigenvalue weighted by molar-refractivity contribution is -0.140. The third kappa shape index (κ3) is 1.84. The van der Waals surface area contributed by atoms with Crippen LogP contribution in [0.15, 0.2) is 31.1 Å². The molecule has 0 fully saturated rings. The predicted molar refractivity (Wildman–Crippen MR) is 70.6 cm³/mol. The highest BCUT2D eigenvalue weighted by atomic mass is 35.5. The van der Waals surface area contributed by atoms with Crippen LogP contribution in [0.4, 0.5) is 13.2 Å². The molecule has 0 aliphatic rings. The van der Waals surface area contributed by atoms with Gasteiger partial charge >= 0.3 is 6.18 Å². The normalized spacial score (nSPS) is 12.2. The van der Waals surface area contributed by atoms with Crippen molar-refractivity contribution in [1.29, 1.82) is 0 Å². The molecule has 0 aromatic carbocycles. The highest BCUT2D eigenvalue weighted by Gasteiger charge is 2.34. The van der Waals surface area contributed by atoms with Gasteiger partial charge < -0.3 is 0 Å². The highest BCUT2D eigenvalue weighted by Crippen LogP contribution is 2.32. The van der Waals surface area contributed by atoms with Crippen LogP contribution in [-0.4, -0.2) is 14.4 Å². The molecule has 0 saturated heterocycles. The fourth-order valence-electron chi connectivity index (χ4n) is 2.07. The van der Waals surface area contributed by atoms with E-state index in [1.807, 2.05) is 0 Å². The van der Waals surface area contributed by atoms with E-state index in [1.165, 1.54) is 16.7 Å². The van der Waals surface area contributed by atoms with Crippen LogP contribution in [0.25, 0.3) is 22.6 Å². The van der Waals surface area contributed by atoms with Crippen molar-refractivity contribution >= 4 is 34.2 Å². The van der Waals surface area contributed by atoms with Crippen LogP contribution in [-0.2, 0) is 6.18 Å². The smallest absolute Gasteiger partial charge is 0.295 e. The van der Waals surface area contributed by atoms with Gasteiger partial charge in [-0.3, -0.25) is 4.40 Å². The van der Waals surface area contributed by atoms with Crippen LogP contribution in [0.3, 0.4) is 0 Å². The highest BCUT2D eigenvalue weighted by molar-refractivity contribution is 6.33. The third-order valence-electron chi connectivity index (χ3n) is 2.94. The van der Waals surface area contributed by atoms with Gasteiger partial charge in [0, 0.05) is 23.3 Å². The Balaban J connectivity index is 2.52. The number of fused-ring (bicyclic) bond motifs is 3. The molecule has 3 rings (SSSR count). The average molecular weight is 298 g/mol. The number of rotatable bonds is 1. The largest absolute Gasteiger partial charge is 0.434 e. The van der Waals surface area contributed by atoms with E-state index < -0.39 is 11.9 Å². The first-order chi connectivity index (χ1) is 9.41. The van der Waals surface area contributed by atoms with Crippen LogP contribution < -0.4 is 0 Å². The van der Waals surface area contributed by atoms with E-state index in [2.05, 4.69) is 16.5 Å². The molecule has 0 atom stereocenters. The van der Waals surface area contributed by atoms with Gasteiger partial charge in [0.15, 0.2) is 10.8 Å². The first kappa shape index (κ1) is 12.9. The lowest BCUT2D eigenvalue weighted by atomic mass is 10.2. The van der Waals surface area contributed by atoms with Gasteiger partial charge in [0.05, 0.1) is 5.52 Å². The van der Waals surface area contributed by atoms with E-state index in [-0.39, 0.29) is 10.8 Å². The summed E-state index contributed by atoms with van der Waals surface area (Å²) in [6.45, 7) is 3.60. The molecule has 0 aliphatic carbocycles. The van der Waals surface area contributed by atoms with E-state index in [0.29, 0.717) is 16.5 Å². The molecule has 0 saturated carbocycles. The molecule has 3 aromatic rings. The van der Waals surface area contributed by atoms with Gasteiger partial charge in [-0.25, -0.2) is 9.97 Å². The zero-order chi connectivity index (χ0) is 14.5. The quantitative estimate of drug-likeness (QED) is 0.630. The Morgan fingerprint density at radius 3 is 2.75 bits per heavy atom. The van der Waals surface area contributed by atoms with Crippen molar-refractivity contribution in [2.75, 3.05) is 0 Å². The molecular weight excluding hydrogens is 291 g/mol. The van der Waals surface area contributed by atoms with Crippen molar-refractivity contribution < 1.29 is 13.2 Å². The van der Waals surface area contributed by atoms with Crippen molar-refractivity contribution in [2.45, 2.75) is 6.18 Å². The van der Waals surface area contributed by atoms with Gasteiger partial charge in [0.2, 0.25) is 0 Å². The summed E-state index contributed by atoms with van der Waals surface area (Å²) in [5.74, 6) is 0. The van der Waals surface area contributed by atoms with E-state index in [0.717, 1.165) is 6.20 Å². The summed E-state index contributed by atoms with van der Waals surface area (Å²) < 4.78 is 39.7. The first-order valence-electron chi connectivity index (χ1n) is 5.58. The van der Waals surface area contributed by atoms with Crippen molar-refractivity contribution in [2.24, 2.45) is 0 Å². The Kier molecular flexibility index (Phi) is 2.72. The van der Waals surface area contributed by atoms with Crippen molar-refractivity contribution in [3.8, 4) is 0 Å². The number of halogens is 4. The second-order valence-electron chi connectivity index (χ2n) is 4.16. The Hall–Kier alpha value is -2.08. The average Bonchev–Trinajstić information content (AvgIpc) is 2.82. The van der Waals surface area contributed by atoms with E-state index in [9.17, 15) is 13.2 Å². The zero-order valence-electron chi connectivity index (χ0n) is 9.95. The van der Waals surface area contributed by atoms with Crippen LogP contribution in [0.1, 0.15) is 11.3 Å². The van der Waals surface area contributed by atoms with Gasteiger partial charge in [0.25, 0.3) is 0 Å². The van der Waals surface area contributed by atoms with Crippen molar-refractivity contribution in [1.82, 2.24) is 14.4 Å². The number of nitrogens with zero attached hydrogens (tertiary/aromatic N) is 3. The SMILES string of the molecule is C=Cc1cc2ccnc(Cl)c2n2cc(C(F)(F)F)nc12. The number of pyridine rings is 2. The maximum Gasteiger partial charge on any atom is 0.434 e. The van der Waals surface area contributed by atoms with E-state index in [4.69, 9.17) is 11.6 Å². The zero-order valence-corrected chi connectivity index (χ0v) is 10.7. The summed E-state index contributed by atoms with van der Waals surface area (Å²) >= 11 is 5.99. The van der Waals surface area contributed by atoms with E-state index >= 15 is 0 Å². The molecule has 3 aromatic heterocycles.